The van der Waals surface area contributed by atoms with E-state index in [0.29, 0.717) is 16.5 Å². The van der Waals surface area contributed by atoms with Crippen molar-refractivity contribution in [2.45, 2.75) is 32.8 Å². The van der Waals surface area contributed by atoms with Gasteiger partial charge in [-0.25, -0.2) is 0 Å². The third kappa shape index (κ3) is 3.83. The molecule has 0 aromatic heterocycles. The number of hydrogen-bond donors (Lipinski definition) is 1. The Morgan fingerprint density at radius 3 is 2.58 bits per heavy atom. The molecule has 1 aliphatic heterocycles. The Morgan fingerprint density at radius 2 is 1.88 bits per heavy atom. The van der Waals surface area contributed by atoms with Crippen LogP contribution < -0.4 is 15.0 Å². The molecule has 2 aromatic rings. The zero-order valence-corrected chi connectivity index (χ0v) is 15.8. The second-order valence-electron chi connectivity index (χ2n) is 6.85. The van der Waals surface area contributed by atoms with Gasteiger partial charge in [0.05, 0.1) is 5.69 Å². The molecule has 5 nitrogen and oxygen atoms in total. The summed E-state index contributed by atoms with van der Waals surface area (Å²) in [5.41, 5.74) is 1.45. The third-order valence-electron chi connectivity index (χ3n) is 4.23. The van der Waals surface area contributed by atoms with Gasteiger partial charge in [-0.1, -0.05) is 29.3 Å². The number of nitrogens with zero attached hydrogens (tertiary/aromatic N) is 1. The Labute approximate surface area is 157 Å². The van der Waals surface area contributed by atoms with Crippen molar-refractivity contribution in [2.75, 3.05) is 16.8 Å². The number of aryl methyl sites for hydroxylation is 1. The summed E-state index contributed by atoms with van der Waals surface area (Å²) in [6.07, 6.45) is 0.168. The Hall–Kier alpha value is -2.53. The SMILES string of the molecule is Cc1ccc(NC(=O)CCN2C(=O)C(C)(C)Oc3ccc(Cl)cc32)cc1. The van der Waals surface area contributed by atoms with E-state index in [0.717, 1.165) is 11.3 Å². The maximum atomic E-state index is 12.8. The highest BCUT2D eigenvalue weighted by molar-refractivity contribution is 6.31. The minimum atomic E-state index is -0.992. The quantitative estimate of drug-likeness (QED) is 0.875. The molecule has 0 unspecified atom stereocenters. The number of amides is 2. The maximum absolute atomic E-state index is 12.8. The van der Waals surface area contributed by atoms with E-state index in [-0.39, 0.29) is 24.8 Å². The average Bonchev–Trinajstić information content (AvgIpc) is 2.58. The number of carbonyl (C=O) groups excluding carboxylic acids is 2. The van der Waals surface area contributed by atoms with E-state index in [1.54, 1.807) is 36.9 Å². The van der Waals surface area contributed by atoms with Crippen LogP contribution in [0, 0.1) is 6.92 Å². The predicted molar refractivity (Wildman–Crippen MR) is 103 cm³/mol. The summed E-state index contributed by atoms with van der Waals surface area (Å²) in [4.78, 5) is 26.6. The summed E-state index contributed by atoms with van der Waals surface area (Å²) in [6.45, 7) is 5.66. The summed E-state index contributed by atoms with van der Waals surface area (Å²) in [5.74, 6) is 0.225. The number of fused-ring (bicyclic) bond motifs is 1. The van der Waals surface area contributed by atoms with Gasteiger partial charge in [0.15, 0.2) is 5.60 Å². The minimum absolute atomic E-state index is 0.158. The molecule has 2 amide bonds. The smallest absolute Gasteiger partial charge is 0.270 e. The molecule has 0 atom stereocenters. The summed E-state index contributed by atoms with van der Waals surface area (Å²) in [5, 5.41) is 3.35. The molecule has 136 valence electrons. The van der Waals surface area contributed by atoms with Crippen LogP contribution in [0.15, 0.2) is 42.5 Å². The molecule has 0 radical (unpaired) electrons. The number of ether oxygens (including phenoxy) is 1. The van der Waals surface area contributed by atoms with Gasteiger partial charge in [-0.15, -0.1) is 0 Å². The maximum Gasteiger partial charge on any atom is 0.270 e. The predicted octanol–water partition coefficient (Wildman–Crippen LogP) is 4.18. The molecule has 1 aliphatic rings. The Kier molecular flexibility index (Phi) is 4.92. The molecule has 0 spiro atoms. The minimum Gasteiger partial charge on any atom is -0.476 e. The van der Waals surface area contributed by atoms with Crippen molar-refractivity contribution >= 4 is 34.8 Å². The lowest BCUT2D eigenvalue weighted by atomic mass is 10.0. The number of benzene rings is 2. The van der Waals surface area contributed by atoms with E-state index in [4.69, 9.17) is 16.3 Å². The van der Waals surface area contributed by atoms with Crippen LogP contribution in [0.2, 0.25) is 5.02 Å². The summed E-state index contributed by atoms with van der Waals surface area (Å²) >= 11 is 6.07. The van der Waals surface area contributed by atoms with Gasteiger partial charge in [0.25, 0.3) is 5.91 Å². The number of carbonyl (C=O) groups is 2. The van der Waals surface area contributed by atoms with Crippen molar-refractivity contribution in [3.8, 4) is 5.75 Å². The van der Waals surface area contributed by atoms with Crippen molar-refractivity contribution in [1.29, 1.82) is 0 Å². The van der Waals surface area contributed by atoms with E-state index in [9.17, 15) is 9.59 Å². The van der Waals surface area contributed by atoms with Gasteiger partial charge in [-0.2, -0.15) is 0 Å². The van der Waals surface area contributed by atoms with Crippen LogP contribution in [-0.2, 0) is 9.59 Å². The number of hydrogen-bond acceptors (Lipinski definition) is 3. The molecule has 3 rings (SSSR count). The van der Waals surface area contributed by atoms with E-state index in [1.807, 2.05) is 31.2 Å². The van der Waals surface area contributed by atoms with Gasteiger partial charge < -0.3 is 15.0 Å². The van der Waals surface area contributed by atoms with Crippen LogP contribution in [-0.4, -0.2) is 24.0 Å². The number of anilines is 2. The fourth-order valence-electron chi connectivity index (χ4n) is 2.84. The molecular weight excluding hydrogens is 352 g/mol. The Morgan fingerprint density at radius 1 is 1.19 bits per heavy atom. The van der Waals surface area contributed by atoms with Gasteiger partial charge in [-0.3, -0.25) is 9.59 Å². The Bertz CT molecular complexity index is 847. The number of halogens is 1. The van der Waals surface area contributed by atoms with Crippen LogP contribution >= 0.6 is 11.6 Å². The van der Waals surface area contributed by atoms with E-state index < -0.39 is 5.60 Å². The largest absolute Gasteiger partial charge is 0.476 e. The van der Waals surface area contributed by atoms with Crippen LogP contribution in [0.3, 0.4) is 0 Å². The second kappa shape index (κ2) is 7.00. The third-order valence-corrected chi connectivity index (χ3v) is 4.47. The molecule has 0 bridgehead atoms. The molecule has 0 aliphatic carbocycles. The van der Waals surface area contributed by atoms with Gasteiger partial charge in [0, 0.05) is 23.7 Å². The molecule has 0 saturated carbocycles. The van der Waals surface area contributed by atoms with Crippen molar-refractivity contribution in [1.82, 2.24) is 0 Å². The van der Waals surface area contributed by atoms with E-state index >= 15 is 0 Å². The van der Waals surface area contributed by atoms with Crippen LogP contribution in [0.4, 0.5) is 11.4 Å². The highest BCUT2D eigenvalue weighted by atomic mass is 35.5. The van der Waals surface area contributed by atoms with E-state index in [2.05, 4.69) is 5.32 Å². The zero-order chi connectivity index (χ0) is 18.9. The molecular formula is C20H21ClN2O3. The topological polar surface area (TPSA) is 58.6 Å². The fourth-order valence-corrected chi connectivity index (χ4v) is 3.00. The molecule has 26 heavy (non-hydrogen) atoms. The first-order valence-corrected chi connectivity index (χ1v) is 8.81. The van der Waals surface area contributed by atoms with Gasteiger partial charge >= 0.3 is 0 Å². The van der Waals surface area contributed by atoms with Crippen molar-refractivity contribution in [3.63, 3.8) is 0 Å². The van der Waals surface area contributed by atoms with Crippen LogP contribution in [0.5, 0.6) is 5.75 Å². The van der Waals surface area contributed by atoms with Crippen LogP contribution in [0.25, 0.3) is 0 Å². The standard InChI is InChI=1S/C20H21ClN2O3/c1-13-4-7-15(8-5-13)22-18(24)10-11-23-16-12-14(21)6-9-17(16)26-20(2,3)19(23)25/h4-9,12H,10-11H2,1-3H3,(H,22,24). The fraction of sp³-hybridized carbons (Fsp3) is 0.300. The van der Waals surface area contributed by atoms with Gasteiger partial charge in [0.2, 0.25) is 5.91 Å². The number of rotatable bonds is 4. The zero-order valence-electron chi connectivity index (χ0n) is 15.0. The first-order chi connectivity index (χ1) is 12.3. The summed E-state index contributed by atoms with van der Waals surface area (Å²) in [6, 6.07) is 12.7. The highest BCUT2D eigenvalue weighted by Crippen LogP contribution is 2.39. The monoisotopic (exact) mass is 372 g/mol. The van der Waals surface area contributed by atoms with Crippen molar-refractivity contribution in [3.05, 3.63) is 53.1 Å². The van der Waals surface area contributed by atoms with Crippen LogP contribution in [0.1, 0.15) is 25.8 Å². The molecule has 0 saturated heterocycles. The average molecular weight is 373 g/mol. The Balaban J connectivity index is 1.73. The van der Waals surface area contributed by atoms with Gasteiger partial charge in [-0.05, 0) is 51.1 Å². The molecule has 1 heterocycles. The van der Waals surface area contributed by atoms with E-state index in [1.165, 1.54) is 0 Å². The first kappa shape index (κ1) is 18.3. The molecule has 6 heteroatoms. The normalized spacial score (nSPS) is 15.2. The molecule has 1 N–H and O–H groups in total. The molecule has 2 aromatic carbocycles. The second-order valence-corrected chi connectivity index (χ2v) is 7.28. The first-order valence-electron chi connectivity index (χ1n) is 8.43. The van der Waals surface area contributed by atoms with Crippen molar-refractivity contribution < 1.29 is 14.3 Å². The number of nitrogens with one attached hydrogen (secondary N) is 1. The lowest BCUT2D eigenvalue weighted by Crippen LogP contribution is -2.53. The summed E-state index contributed by atoms with van der Waals surface area (Å²) < 4.78 is 5.78. The summed E-state index contributed by atoms with van der Waals surface area (Å²) in [7, 11) is 0. The lowest BCUT2D eigenvalue weighted by molar-refractivity contribution is -0.132. The molecule has 0 fully saturated rings. The van der Waals surface area contributed by atoms with Gasteiger partial charge in [0.1, 0.15) is 5.75 Å². The van der Waals surface area contributed by atoms with Crippen molar-refractivity contribution in [2.24, 2.45) is 0 Å². The highest BCUT2D eigenvalue weighted by Gasteiger charge is 2.40. The lowest BCUT2D eigenvalue weighted by Gasteiger charge is -2.38.